The van der Waals surface area contributed by atoms with Gasteiger partial charge in [0.15, 0.2) is 5.82 Å². The SMILES string of the molecule is Oc1ccc2c(Nc3cnccn3)nn(-c3cncc(N4C[C@@H]5C[C@H]4CN5)c3)c2c1. The molecular weight excluding hydrogens is 380 g/mol. The summed E-state index contributed by atoms with van der Waals surface area (Å²) in [6.07, 6.45) is 9.76. The molecule has 150 valence electrons. The molecule has 2 fully saturated rings. The number of nitrogens with one attached hydrogen (secondary N) is 2. The van der Waals surface area contributed by atoms with Crippen LogP contribution in [0.15, 0.2) is 55.2 Å². The van der Waals surface area contributed by atoms with Crippen LogP contribution in [-0.4, -0.2) is 55.0 Å². The topological polar surface area (TPSA) is 104 Å². The molecule has 0 radical (unpaired) electrons. The zero-order valence-corrected chi connectivity index (χ0v) is 16.1. The lowest BCUT2D eigenvalue weighted by Crippen LogP contribution is -2.43. The molecule has 2 bridgehead atoms. The third-order valence-corrected chi connectivity index (χ3v) is 5.82. The lowest BCUT2D eigenvalue weighted by Gasteiger charge is -2.29. The van der Waals surface area contributed by atoms with E-state index in [0.717, 1.165) is 35.4 Å². The number of hydrogen-bond acceptors (Lipinski definition) is 8. The van der Waals surface area contributed by atoms with E-state index in [2.05, 4.69) is 36.6 Å². The minimum Gasteiger partial charge on any atom is -0.508 e. The molecular formula is C21H20N8O. The van der Waals surface area contributed by atoms with Gasteiger partial charge < -0.3 is 20.6 Å². The van der Waals surface area contributed by atoms with Crippen LogP contribution in [0.5, 0.6) is 5.75 Å². The fourth-order valence-electron chi connectivity index (χ4n) is 4.44. The summed E-state index contributed by atoms with van der Waals surface area (Å²) in [5.74, 6) is 1.42. The lowest BCUT2D eigenvalue weighted by atomic mass is 10.2. The van der Waals surface area contributed by atoms with Crippen molar-refractivity contribution in [2.75, 3.05) is 23.3 Å². The molecule has 0 aliphatic carbocycles. The Morgan fingerprint density at radius 2 is 2.00 bits per heavy atom. The molecule has 0 amide bonds. The predicted octanol–water partition coefficient (Wildman–Crippen LogP) is 2.21. The molecule has 2 saturated heterocycles. The van der Waals surface area contributed by atoms with Crippen LogP contribution in [0.1, 0.15) is 6.42 Å². The van der Waals surface area contributed by atoms with Crippen LogP contribution in [0.2, 0.25) is 0 Å². The summed E-state index contributed by atoms with van der Waals surface area (Å²) in [6.45, 7) is 2.01. The largest absolute Gasteiger partial charge is 0.508 e. The Hall–Kier alpha value is -3.72. The van der Waals surface area contributed by atoms with Gasteiger partial charge in [0, 0.05) is 49.0 Å². The van der Waals surface area contributed by atoms with Gasteiger partial charge in [-0.15, -0.1) is 5.10 Å². The molecule has 9 nitrogen and oxygen atoms in total. The van der Waals surface area contributed by atoms with Gasteiger partial charge in [-0.2, -0.15) is 0 Å². The van der Waals surface area contributed by atoms with Crippen molar-refractivity contribution >= 4 is 28.2 Å². The van der Waals surface area contributed by atoms with Gasteiger partial charge in [-0.25, -0.2) is 9.67 Å². The number of phenolic OH excluding ortho intramolecular Hbond substituents is 1. The Morgan fingerprint density at radius 3 is 2.80 bits per heavy atom. The molecule has 3 N–H and O–H groups in total. The van der Waals surface area contributed by atoms with Gasteiger partial charge in [-0.3, -0.25) is 9.97 Å². The molecule has 9 heteroatoms. The van der Waals surface area contributed by atoms with Crippen LogP contribution in [0.4, 0.5) is 17.3 Å². The number of nitrogens with zero attached hydrogens (tertiary/aromatic N) is 6. The van der Waals surface area contributed by atoms with Crippen molar-refractivity contribution in [1.29, 1.82) is 0 Å². The van der Waals surface area contributed by atoms with Gasteiger partial charge in [0.1, 0.15) is 11.6 Å². The molecule has 2 atom stereocenters. The van der Waals surface area contributed by atoms with E-state index in [1.54, 1.807) is 41.6 Å². The van der Waals surface area contributed by atoms with Crippen molar-refractivity contribution in [2.24, 2.45) is 0 Å². The van der Waals surface area contributed by atoms with E-state index in [9.17, 15) is 5.11 Å². The number of pyridine rings is 1. The third kappa shape index (κ3) is 2.82. The summed E-state index contributed by atoms with van der Waals surface area (Å²) >= 11 is 0. The molecule has 2 aliphatic rings. The second-order valence-electron chi connectivity index (χ2n) is 7.73. The Kier molecular flexibility index (Phi) is 3.81. The van der Waals surface area contributed by atoms with E-state index in [-0.39, 0.29) is 5.75 Å². The quantitative estimate of drug-likeness (QED) is 0.479. The number of aromatic nitrogens is 5. The number of piperazine rings is 1. The number of aromatic hydroxyl groups is 1. The van der Waals surface area contributed by atoms with E-state index in [1.807, 2.05) is 12.3 Å². The zero-order valence-electron chi connectivity index (χ0n) is 16.1. The minimum atomic E-state index is 0.182. The van der Waals surface area contributed by atoms with Crippen molar-refractivity contribution < 1.29 is 5.11 Å². The van der Waals surface area contributed by atoms with E-state index >= 15 is 0 Å². The van der Waals surface area contributed by atoms with Gasteiger partial charge in [0.05, 0.1) is 35.5 Å². The maximum atomic E-state index is 10.1. The van der Waals surface area contributed by atoms with Crippen LogP contribution >= 0.6 is 0 Å². The third-order valence-electron chi connectivity index (χ3n) is 5.82. The van der Waals surface area contributed by atoms with Crippen molar-refractivity contribution in [1.82, 2.24) is 30.0 Å². The van der Waals surface area contributed by atoms with Crippen LogP contribution in [-0.2, 0) is 0 Å². The standard InChI is InChI=1S/C21H20N8O/c30-17-1-2-18-19(7-17)29(27-21(18)26-20-11-22-3-4-24-20)16-6-15(8-23-9-16)28-12-13-5-14(28)10-25-13/h1-4,6-9,11,13-14,25,30H,5,10,12H2,(H,24,26,27)/t13-,14-/m0/s1. The highest BCUT2D eigenvalue weighted by Gasteiger charge is 2.37. The number of anilines is 3. The van der Waals surface area contributed by atoms with E-state index in [4.69, 9.17) is 5.10 Å². The molecule has 0 unspecified atom stereocenters. The van der Waals surface area contributed by atoms with Crippen LogP contribution in [0, 0.1) is 0 Å². The monoisotopic (exact) mass is 400 g/mol. The molecule has 5 heterocycles. The maximum Gasteiger partial charge on any atom is 0.162 e. The first-order chi connectivity index (χ1) is 14.7. The normalized spacial score (nSPS) is 20.2. The number of fused-ring (bicyclic) bond motifs is 3. The highest BCUT2D eigenvalue weighted by atomic mass is 16.3. The van der Waals surface area contributed by atoms with Crippen molar-refractivity contribution in [3.8, 4) is 11.4 Å². The minimum absolute atomic E-state index is 0.182. The molecule has 0 spiro atoms. The van der Waals surface area contributed by atoms with Gasteiger partial charge in [-0.05, 0) is 24.6 Å². The second-order valence-corrected chi connectivity index (χ2v) is 7.73. The summed E-state index contributed by atoms with van der Waals surface area (Å²) in [4.78, 5) is 15.3. The van der Waals surface area contributed by atoms with Crippen LogP contribution in [0.25, 0.3) is 16.6 Å². The lowest BCUT2D eigenvalue weighted by molar-refractivity contribution is 0.476. The van der Waals surface area contributed by atoms with E-state index in [0.29, 0.717) is 23.7 Å². The second kappa shape index (κ2) is 6.67. The first-order valence-electron chi connectivity index (χ1n) is 9.95. The summed E-state index contributed by atoms with van der Waals surface area (Å²) in [7, 11) is 0. The molecule has 3 aromatic heterocycles. The van der Waals surface area contributed by atoms with Crippen LogP contribution < -0.4 is 15.5 Å². The number of rotatable bonds is 4. The number of benzene rings is 1. The zero-order chi connectivity index (χ0) is 20.1. The van der Waals surface area contributed by atoms with Gasteiger partial charge in [0.2, 0.25) is 0 Å². The van der Waals surface area contributed by atoms with Gasteiger partial charge in [0.25, 0.3) is 0 Å². The fourth-order valence-corrected chi connectivity index (χ4v) is 4.44. The van der Waals surface area contributed by atoms with Crippen LogP contribution in [0.3, 0.4) is 0 Å². The number of phenols is 1. The Morgan fingerprint density at radius 1 is 1.07 bits per heavy atom. The van der Waals surface area contributed by atoms with Crippen molar-refractivity contribution in [2.45, 2.75) is 18.5 Å². The Balaban J connectivity index is 1.43. The van der Waals surface area contributed by atoms with Crippen molar-refractivity contribution in [3.05, 3.63) is 55.2 Å². The first kappa shape index (κ1) is 17.2. The van der Waals surface area contributed by atoms with Gasteiger partial charge in [-0.1, -0.05) is 0 Å². The molecule has 1 aromatic carbocycles. The molecule has 6 rings (SSSR count). The molecule has 2 aliphatic heterocycles. The predicted molar refractivity (Wildman–Crippen MR) is 113 cm³/mol. The molecule has 0 saturated carbocycles. The Labute approximate surface area is 172 Å². The molecule has 4 aromatic rings. The average Bonchev–Trinajstić information content (AvgIpc) is 3.49. The fraction of sp³-hybridized carbons (Fsp3) is 0.238. The summed E-state index contributed by atoms with van der Waals surface area (Å²) in [5.41, 5.74) is 2.71. The highest BCUT2D eigenvalue weighted by Crippen LogP contribution is 2.33. The Bertz CT molecular complexity index is 1220. The summed E-state index contributed by atoms with van der Waals surface area (Å²) < 4.78 is 1.80. The van der Waals surface area contributed by atoms with E-state index in [1.165, 1.54) is 6.42 Å². The number of hydrogen-bond donors (Lipinski definition) is 3. The maximum absolute atomic E-state index is 10.1. The van der Waals surface area contributed by atoms with Crippen molar-refractivity contribution in [3.63, 3.8) is 0 Å². The first-order valence-corrected chi connectivity index (χ1v) is 9.95. The molecule has 30 heavy (non-hydrogen) atoms. The highest BCUT2D eigenvalue weighted by molar-refractivity contribution is 5.93. The van der Waals surface area contributed by atoms with Gasteiger partial charge >= 0.3 is 0 Å². The summed E-state index contributed by atoms with van der Waals surface area (Å²) in [5, 5.41) is 22.5. The van der Waals surface area contributed by atoms with E-state index < -0.39 is 0 Å². The smallest absolute Gasteiger partial charge is 0.162 e. The average molecular weight is 400 g/mol. The summed E-state index contributed by atoms with van der Waals surface area (Å²) in [6, 6.07) is 8.38.